The van der Waals surface area contributed by atoms with Crippen molar-refractivity contribution in [2.75, 3.05) is 5.73 Å². The molecule has 0 amide bonds. The number of fused-ring (bicyclic) bond motifs is 1. The Balaban J connectivity index is 2.13. The molecule has 2 aliphatic rings. The fourth-order valence-corrected chi connectivity index (χ4v) is 1.87. The molecule has 3 N–H and O–H groups in total. The summed E-state index contributed by atoms with van der Waals surface area (Å²) in [7, 11) is 0. The quantitative estimate of drug-likeness (QED) is 0.667. The summed E-state index contributed by atoms with van der Waals surface area (Å²) in [5.74, 6) is 1.41. The number of hydrogen-bond acceptors (Lipinski definition) is 3. The van der Waals surface area contributed by atoms with Crippen molar-refractivity contribution in [3.05, 3.63) is 65.5 Å². The third kappa shape index (κ3) is 1.61. The lowest BCUT2D eigenvalue weighted by molar-refractivity contribution is 0.416. The monoisotopic (exact) mass is 225 g/mol. The fourth-order valence-electron chi connectivity index (χ4n) is 1.87. The highest BCUT2D eigenvalue weighted by molar-refractivity contribution is 5.72. The van der Waals surface area contributed by atoms with E-state index in [9.17, 15) is 5.11 Å². The first-order chi connectivity index (χ1) is 8.24. The van der Waals surface area contributed by atoms with Crippen LogP contribution in [-0.2, 0) is 0 Å². The number of nitrogens with two attached hydrogens (primary N) is 1. The number of aliphatic hydroxyl groups excluding tert-OH is 1. The molecule has 1 aliphatic carbocycles. The van der Waals surface area contributed by atoms with E-state index in [0.717, 1.165) is 5.57 Å². The van der Waals surface area contributed by atoms with Gasteiger partial charge in [-0.2, -0.15) is 0 Å². The number of hydrogen-bond donors (Lipinski definition) is 2. The van der Waals surface area contributed by atoms with Gasteiger partial charge in [0.25, 0.3) is 0 Å². The summed E-state index contributed by atoms with van der Waals surface area (Å²) < 4.78 is 5.73. The zero-order valence-electron chi connectivity index (χ0n) is 9.05. The van der Waals surface area contributed by atoms with E-state index < -0.39 is 0 Å². The van der Waals surface area contributed by atoms with E-state index in [2.05, 4.69) is 0 Å². The van der Waals surface area contributed by atoms with E-state index in [0.29, 0.717) is 22.8 Å². The maximum Gasteiger partial charge on any atom is 0.140 e. The zero-order chi connectivity index (χ0) is 11.8. The van der Waals surface area contributed by atoms with E-state index in [1.165, 1.54) is 0 Å². The van der Waals surface area contributed by atoms with Gasteiger partial charge >= 0.3 is 0 Å². The molecule has 0 fully saturated rings. The Bertz CT molecular complexity index is 593. The Morgan fingerprint density at radius 3 is 2.65 bits per heavy atom. The van der Waals surface area contributed by atoms with Gasteiger partial charge in [0.2, 0.25) is 0 Å². The number of nitrogen functional groups attached to an aromatic ring is 1. The van der Waals surface area contributed by atoms with Gasteiger partial charge in [-0.3, -0.25) is 0 Å². The minimum atomic E-state index is 0.197. The molecule has 1 aromatic carbocycles. The van der Waals surface area contributed by atoms with Crippen LogP contribution in [0.1, 0.15) is 5.56 Å². The number of ether oxygens (including phenoxy) is 1. The van der Waals surface area contributed by atoms with Crippen LogP contribution in [0.4, 0.5) is 5.69 Å². The molecule has 3 nitrogen and oxygen atoms in total. The second-order valence-electron chi connectivity index (χ2n) is 3.93. The van der Waals surface area contributed by atoms with Gasteiger partial charge in [-0.1, -0.05) is 24.3 Å². The second kappa shape index (κ2) is 3.56. The molecule has 0 unspecified atom stereocenters. The second-order valence-corrected chi connectivity index (χ2v) is 3.93. The lowest BCUT2D eigenvalue weighted by Crippen LogP contribution is -2.05. The SMILES string of the molecule is Nc1ccc2c(c1)OC(=C1C=CC=C1)C=C2O. The molecule has 1 aliphatic heterocycles. The Hall–Kier alpha value is -2.42. The minimum Gasteiger partial charge on any atom is -0.507 e. The lowest BCUT2D eigenvalue weighted by atomic mass is 10.1. The van der Waals surface area contributed by atoms with Gasteiger partial charge < -0.3 is 15.6 Å². The topological polar surface area (TPSA) is 55.5 Å². The Labute approximate surface area is 98.8 Å². The minimum absolute atomic E-state index is 0.197. The third-order valence-electron chi connectivity index (χ3n) is 2.72. The maximum atomic E-state index is 9.94. The maximum absolute atomic E-state index is 9.94. The van der Waals surface area contributed by atoms with Crippen molar-refractivity contribution in [1.82, 2.24) is 0 Å². The van der Waals surface area contributed by atoms with Crippen LogP contribution < -0.4 is 10.5 Å². The fraction of sp³-hybridized carbons (Fsp3) is 0. The van der Waals surface area contributed by atoms with E-state index in [1.54, 1.807) is 24.3 Å². The number of anilines is 1. The molecule has 0 atom stereocenters. The Morgan fingerprint density at radius 2 is 1.88 bits per heavy atom. The summed E-state index contributed by atoms with van der Waals surface area (Å²) in [4.78, 5) is 0. The summed E-state index contributed by atoms with van der Waals surface area (Å²) in [6.07, 6.45) is 9.32. The number of allylic oxidation sites excluding steroid dienone is 6. The molecule has 0 radical (unpaired) electrons. The first-order valence-corrected chi connectivity index (χ1v) is 5.31. The first kappa shape index (κ1) is 9.78. The highest BCUT2D eigenvalue weighted by Gasteiger charge is 2.18. The molecule has 0 saturated heterocycles. The van der Waals surface area contributed by atoms with Crippen molar-refractivity contribution >= 4 is 11.4 Å². The molecule has 0 aromatic heterocycles. The van der Waals surface area contributed by atoms with Gasteiger partial charge in [-0.25, -0.2) is 0 Å². The van der Waals surface area contributed by atoms with Gasteiger partial charge in [0, 0.05) is 23.4 Å². The summed E-state index contributed by atoms with van der Waals surface area (Å²) >= 11 is 0. The van der Waals surface area contributed by atoms with Crippen LogP contribution in [0.3, 0.4) is 0 Å². The highest BCUT2D eigenvalue weighted by Crippen LogP contribution is 2.35. The molecular weight excluding hydrogens is 214 g/mol. The van der Waals surface area contributed by atoms with E-state index >= 15 is 0 Å². The van der Waals surface area contributed by atoms with E-state index in [1.807, 2.05) is 24.3 Å². The third-order valence-corrected chi connectivity index (χ3v) is 2.72. The normalized spacial score (nSPS) is 16.8. The smallest absolute Gasteiger partial charge is 0.140 e. The van der Waals surface area contributed by atoms with Crippen LogP contribution >= 0.6 is 0 Å². The van der Waals surface area contributed by atoms with Gasteiger partial charge in [-0.05, 0) is 12.1 Å². The average Bonchev–Trinajstić information content (AvgIpc) is 2.81. The van der Waals surface area contributed by atoms with Crippen LogP contribution in [0.15, 0.2) is 59.9 Å². The highest BCUT2D eigenvalue weighted by atomic mass is 16.5. The molecule has 3 heteroatoms. The van der Waals surface area contributed by atoms with Crippen molar-refractivity contribution in [2.24, 2.45) is 0 Å². The molecular formula is C14H11NO2. The van der Waals surface area contributed by atoms with Gasteiger partial charge in [0.15, 0.2) is 0 Å². The zero-order valence-corrected chi connectivity index (χ0v) is 9.05. The van der Waals surface area contributed by atoms with Crippen molar-refractivity contribution in [3.8, 4) is 5.75 Å². The number of benzene rings is 1. The van der Waals surface area contributed by atoms with Gasteiger partial charge in [0.05, 0.1) is 5.56 Å². The predicted molar refractivity (Wildman–Crippen MR) is 67.4 cm³/mol. The summed E-state index contributed by atoms with van der Waals surface area (Å²) in [6.45, 7) is 0. The molecule has 0 saturated carbocycles. The van der Waals surface area contributed by atoms with Crippen molar-refractivity contribution in [3.63, 3.8) is 0 Å². The van der Waals surface area contributed by atoms with Crippen LogP contribution in [0.25, 0.3) is 5.76 Å². The van der Waals surface area contributed by atoms with E-state index in [-0.39, 0.29) is 5.76 Å². The van der Waals surface area contributed by atoms with Crippen molar-refractivity contribution < 1.29 is 9.84 Å². The number of rotatable bonds is 0. The van der Waals surface area contributed by atoms with Gasteiger partial charge in [-0.15, -0.1) is 0 Å². The molecule has 0 bridgehead atoms. The van der Waals surface area contributed by atoms with Crippen molar-refractivity contribution in [1.29, 1.82) is 0 Å². The largest absolute Gasteiger partial charge is 0.507 e. The van der Waals surface area contributed by atoms with Gasteiger partial charge in [0.1, 0.15) is 17.3 Å². The van der Waals surface area contributed by atoms with Crippen LogP contribution in [0.5, 0.6) is 5.75 Å². The summed E-state index contributed by atoms with van der Waals surface area (Å²) in [5.41, 5.74) is 7.91. The molecule has 3 rings (SSSR count). The lowest BCUT2D eigenvalue weighted by Gasteiger charge is -2.18. The Morgan fingerprint density at radius 1 is 1.12 bits per heavy atom. The van der Waals surface area contributed by atoms with E-state index in [4.69, 9.17) is 10.5 Å². The first-order valence-electron chi connectivity index (χ1n) is 5.31. The average molecular weight is 225 g/mol. The van der Waals surface area contributed by atoms with Crippen LogP contribution in [-0.4, -0.2) is 5.11 Å². The Kier molecular flexibility index (Phi) is 2.05. The molecule has 84 valence electrons. The standard InChI is InChI=1S/C14H11NO2/c15-10-5-6-11-12(16)8-13(17-14(11)7-10)9-3-1-2-4-9/h1-8,16H,15H2. The summed E-state index contributed by atoms with van der Waals surface area (Å²) in [6, 6.07) is 5.19. The van der Waals surface area contributed by atoms with Crippen LogP contribution in [0.2, 0.25) is 0 Å². The number of aliphatic hydroxyl groups is 1. The summed E-state index contributed by atoms with van der Waals surface area (Å²) in [5, 5.41) is 9.94. The molecule has 1 heterocycles. The molecule has 17 heavy (non-hydrogen) atoms. The van der Waals surface area contributed by atoms with Crippen molar-refractivity contribution in [2.45, 2.75) is 0 Å². The molecule has 0 spiro atoms. The molecule has 1 aromatic rings. The predicted octanol–water partition coefficient (Wildman–Crippen LogP) is 2.94. The van der Waals surface area contributed by atoms with Crippen LogP contribution in [0, 0.1) is 0 Å².